The monoisotopic (exact) mass is 261 g/mol. The van der Waals surface area contributed by atoms with Crippen molar-refractivity contribution in [1.29, 1.82) is 0 Å². The van der Waals surface area contributed by atoms with E-state index in [1.807, 2.05) is 0 Å². The van der Waals surface area contributed by atoms with E-state index >= 15 is 0 Å². The largest absolute Gasteiger partial charge is 0.495 e. The Morgan fingerprint density at radius 1 is 1.11 bits per heavy atom. The van der Waals surface area contributed by atoms with Gasteiger partial charge in [0, 0.05) is 0 Å². The average Bonchev–Trinajstić information content (AvgIpc) is 2.51. The third kappa shape index (κ3) is 2.71. The van der Waals surface area contributed by atoms with Gasteiger partial charge in [-0.2, -0.15) is 0 Å². The summed E-state index contributed by atoms with van der Waals surface area (Å²) in [6, 6.07) is 6.40. The Bertz CT molecular complexity index is 455. The van der Waals surface area contributed by atoms with Crippen molar-refractivity contribution in [3.63, 3.8) is 0 Å². The molecule has 0 spiro atoms. The molecule has 1 aliphatic heterocycles. The lowest BCUT2D eigenvalue weighted by Crippen LogP contribution is -2.41. The minimum absolute atomic E-state index is 0.289. The highest BCUT2D eigenvalue weighted by Gasteiger charge is 2.52. The molecule has 1 fully saturated rings. The van der Waals surface area contributed by atoms with E-state index < -0.39 is 0 Å². The Morgan fingerprint density at radius 2 is 1.68 bits per heavy atom. The van der Waals surface area contributed by atoms with Crippen molar-refractivity contribution >= 4 is 12.6 Å². The van der Waals surface area contributed by atoms with Crippen LogP contribution in [0.1, 0.15) is 38.8 Å². The quantitative estimate of drug-likeness (QED) is 0.844. The fourth-order valence-corrected chi connectivity index (χ4v) is 2.24. The molecule has 19 heavy (non-hydrogen) atoms. The van der Waals surface area contributed by atoms with E-state index in [0.29, 0.717) is 6.54 Å². The van der Waals surface area contributed by atoms with Crippen LogP contribution in [0.15, 0.2) is 18.2 Å². The molecule has 0 atom stereocenters. The standard InChI is InChI=1S/C15H24BNO2/c1-11-6-7-12(8-9-17)10-13(11)16-18-14(2,3)15(4,5)19-16/h6-7,10H,8-9,17H2,1-5H3. The number of hydrogen-bond donors (Lipinski definition) is 1. The fraction of sp³-hybridized carbons (Fsp3) is 0.600. The van der Waals surface area contributed by atoms with Crippen molar-refractivity contribution < 1.29 is 9.31 Å². The van der Waals surface area contributed by atoms with Crippen LogP contribution >= 0.6 is 0 Å². The predicted molar refractivity (Wildman–Crippen MR) is 79.7 cm³/mol. The smallest absolute Gasteiger partial charge is 0.399 e. The summed E-state index contributed by atoms with van der Waals surface area (Å²) in [7, 11) is -0.289. The number of nitrogens with two attached hydrogens (primary N) is 1. The van der Waals surface area contributed by atoms with E-state index in [2.05, 4.69) is 52.8 Å². The first kappa shape index (κ1) is 14.6. The Morgan fingerprint density at radius 3 is 2.21 bits per heavy atom. The van der Waals surface area contributed by atoms with Gasteiger partial charge in [-0.1, -0.05) is 23.8 Å². The molecule has 0 amide bonds. The van der Waals surface area contributed by atoms with E-state index in [1.54, 1.807) is 0 Å². The van der Waals surface area contributed by atoms with E-state index in [1.165, 1.54) is 11.1 Å². The molecule has 3 nitrogen and oxygen atoms in total. The normalized spacial score (nSPS) is 20.8. The zero-order chi connectivity index (χ0) is 14.3. The highest BCUT2D eigenvalue weighted by atomic mass is 16.7. The summed E-state index contributed by atoms with van der Waals surface area (Å²) in [4.78, 5) is 0. The van der Waals surface area contributed by atoms with Gasteiger partial charge in [-0.25, -0.2) is 0 Å². The van der Waals surface area contributed by atoms with Crippen LogP contribution in [0.25, 0.3) is 0 Å². The maximum atomic E-state index is 6.11. The van der Waals surface area contributed by atoms with Crippen LogP contribution in [0.3, 0.4) is 0 Å². The van der Waals surface area contributed by atoms with Gasteiger partial charge >= 0.3 is 7.12 Å². The van der Waals surface area contributed by atoms with Crippen molar-refractivity contribution in [2.24, 2.45) is 5.73 Å². The zero-order valence-corrected chi connectivity index (χ0v) is 12.6. The van der Waals surface area contributed by atoms with Gasteiger partial charge in [-0.15, -0.1) is 0 Å². The molecule has 0 bridgehead atoms. The number of rotatable bonds is 3. The summed E-state index contributed by atoms with van der Waals surface area (Å²) >= 11 is 0. The van der Waals surface area contributed by atoms with Crippen LogP contribution in [0.4, 0.5) is 0 Å². The van der Waals surface area contributed by atoms with E-state index in [4.69, 9.17) is 15.0 Å². The summed E-state index contributed by atoms with van der Waals surface area (Å²) < 4.78 is 12.2. The molecule has 1 saturated heterocycles. The molecule has 0 radical (unpaired) electrons. The van der Waals surface area contributed by atoms with E-state index in [-0.39, 0.29) is 18.3 Å². The van der Waals surface area contributed by atoms with Gasteiger partial charge in [0.15, 0.2) is 0 Å². The van der Waals surface area contributed by atoms with Crippen molar-refractivity contribution in [3.05, 3.63) is 29.3 Å². The predicted octanol–water partition coefficient (Wildman–Crippen LogP) is 1.80. The molecular formula is C15H24BNO2. The molecule has 2 rings (SSSR count). The van der Waals surface area contributed by atoms with Gasteiger partial charge in [0.25, 0.3) is 0 Å². The van der Waals surface area contributed by atoms with Crippen molar-refractivity contribution in [3.8, 4) is 0 Å². The average molecular weight is 261 g/mol. The van der Waals surface area contributed by atoms with Crippen molar-refractivity contribution in [1.82, 2.24) is 0 Å². The molecule has 0 saturated carbocycles. The van der Waals surface area contributed by atoms with E-state index in [0.717, 1.165) is 11.9 Å². The van der Waals surface area contributed by atoms with E-state index in [9.17, 15) is 0 Å². The van der Waals surface area contributed by atoms with Gasteiger partial charge in [-0.3, -0.25) is 0 Å². The topological polar surface area (TPSA) is 44.5 Å². The van der Waals surface area contributed by atoms with Crippen LogP contribution < -0.4 is 11.2 Å². The summed E-state index contributed by atoms with van der Waals surface area (Å²) in [5.41, 5.74) is 8.57. The summed E-state index contributed by atoms with van der Waals surface area (Å²) in [5, 5.41) is 0. The molecule has 0 aliphatic carbocycles. The highest BCUT2D eigenvalue weighted by molar-refractivity contribution is 6.62. The van der Waals surface area contributed by atoms with Crippen LogP contribution in [0.2, 0.25) is 0 Å². The van der Waals surface area contributed by atoms with Gasteiger partial charge < -0.3 is 15.0 Å². The lowest BCUT2D eigenvalue weighted by Gasteiger charge is -2.32. The third-order valence-corrected chi connectivity index (χ3v) is 4.28. The molecule has 1 heterocycles. The van der Waals surface area contributed by atoms with Crippen molar-refractivity contribution in [2.75, 3.05) is 6.54 Å². The molecule has 0 unspecified atom stereocenters. The molecule has 104 valence electrons. The first-order valence-electron chi connectivity index (χ1n) is 6.92. The minimum Gasteiger partial charge on any atom is -0.399 e. The summed E-state index contributed by atoms with van der Waals surface area (Å²) in [6.07, 6.45) is 0.882. The summed E-state index contributed by atoms with van der Waals surface area (Å²) in [6.45, 7) is 11.1. The highest BCUT2D eigenvalue weighted by Crippen LogP contribution is 2.36. The molecule has 4 heteroatoms. The Kier molecular flexibility index (Phi) is 3.78. The fourth-order valence-electron chi connectivity index (χ4n) is 2.24. The van der Waals surface area contributed by atoms with Gasteiger partial charge in [-0.05, 0) is 58.6 Å². The zero-order valence-electron chi connectivity index (χ0n) is 12.6. The number of aryl methyl sites for hydroxylation is 1. The van der Waals surface area contributed by atoms with Gasteiger partial charge in [0.2, 0.25) is 0 Å². The molecular weight excluding hydrogens is 237 g/mol. The van der Waals surface area contributed by atoms with Crippen molar-refractivity contribution in [2.45, 2.75) is 52.2 Å². The molecule has 1 aromatic rings. The maximum Gasteiger partial charge on any atom is 0.495 e. The van der Waals surface area contributed by atoms with Crippen LogP contribution in [-0.2, 0) is 15.7 Å². The lowest BCUT2D eigenvalue weighted by molar-refractivity contribution is 0.00578. The molecule has 2 N–H and O–H groups in total. The third-order valence-electron chi connectivity index (χ3n) is 4.28. The Labute approximate surface area is 116 Å². The first-order valence-corrected chi connectivity index (χ1v) is 6.92. The Hall–Kier alpha value is -0.835. The summed E-state index contributed by atoms with van der Waals surface area (Å²) in [5.74, 6) is 0. The Balaban J connectivity index is 2.31. The molecule has 1 aromatic carbocycles. The molecule has 0 aromatic heterocycles. The SMILES string of the molecule is Cc1ccc(CCN)cc1B1OC(C)(C)C(C)(C)O1. The van der Waals surface area contributed by atoms with Crippen LogP contribution in [0, 0.1) is 6.92 Å². The van der Waals surface area contributed by atoms with Gasteiger partial charge in [0.1, 0.15) is 0 Å². The van der Waals surface area contributed by atoms with Crippen LogP contribution in [0.5, 0.6) is 0 Å². The minimum atomic E-state index is -0.298. The lowest BCUT2D eigenvalue weighted by atomic mass is 9.75. The van der Waals surface area contributed by atoms with Gasteiger partial charge in [0.05, 0.1) is 11.2 Å². The second kappa shape index (κ2) is 4.93. The maximum absolute atomic E-state index is 6.11. The van der Waals surface area contributed by atoms with Crippen LogP contribution in [-0.4, -0.2) is 24.9 Å². The second-order valence-electron chi connectivity index (χ2n) is 6.32. The number of benzene rings is 1. The second-order valence-corrected chi connectivity index (χ2v) is 6.32. The first-order chi connectivity index (χ1) is 8.77. The molecule has 1 aliphatic rings. The number of hydrogen-bond acceptors (Lipinski definition) is 3.